The minimum atomic E-state index is 0.483. The van der Waals surface area contributed by atoms with Gasteiger partial charge in [0.05, 0.1) is 0 Å². The molecule has 0 radical (unpaired) electrons. The summed E-state index contributed by atoms with van der Waals surface area (Å²) in [5, 5.41) is 9.34. The Labute approximate surface area is 106 Å². The molecule has 1 aromatic carbocycles. The predicted molar refractivity (Wildman–Crippen MR) is 69.6 cm³/mol. The Balaban J connectivity index is 2.34. The van der Waals surface area contributed by atoms with Crippen LogP contribution in [-0.2, 0) is 12.8 Å². The Morgan fingerprint density at radius 3 is 2.67 bits per heavy atom. The molecule has 88 valence electrons. The number of aromatic amines is 1. The van der Waals surface area contributed by atoms with Gasteiger partial charge in [-0.1, -0.05) is 30.3 Å². The van der Waals surface area contributed by atoms with Gasteiger partial charge in [-0.25, -0.2) is 4.98 Å². The first-order valence-electron chi connectivity index (χ1n) is 6.13. The average molecular weight is 236 g/mol. The summed E-state index contributed by atoms with van der Waals surface area (Å²) in [5.41, 5.74) is 11.1. The lowest BCUT2D eigenvalue weighted by Crippen LogP contribution is -2.19. The number of aryl methyl sites for hydroxylation is 1. The van der Waals surface area contributed by atoms with Crippen molar-refractivity contribution >= 4 is 5.82 Å². The first-order chi connectivity index (χ1) is 8.81. The van der Waals surface area contributed by atoms with E-state index in [9.17, 15) is 5.26 Å². The van der Waals surface area contributed by atoms with Gasteiger partial charge in [0, 0.05) is 17.5 Å². The van der Waals surface area contributed by atoms with Crippen LogP contribution in [-0.4, -0.2) is 0 Å². The lowest BCUT2D eigenvalue weighted by Gasteiger charge is -2.09. The lowest BCUT2D eigenvalue weighted by molar-refractivity contribution is -0.372. The van der Waals surface area contributed by atoms with Gasteiger partial charge >= 0.3 is 0 Å². The molecule has 0 spiro atoms. The summed E-state index contributed by atoms with van der Waals surface area (Å²) in [7, 11) is 0. The molecule has 1 aliphatic rings. The number of nitrogens with zero attached hydrogens (tertiary/aromatic N) is 1. The Morgan fingerprint density at radius 2 is 1.94 bits per heavy atom. The highest BCUT2D eigenvalue weighted by molar-refractivity contribution is 5.78. The topological polar surface area (TPSA) is 64.0 Å². The van der Waals surface area contributed by atoms with Gasteiger partial charge in [0.2, 0.25) is 0 Å². The first-order valence-corrected chi connectivity index (χ1v) is 6.13. The van der Waals surface area contributed by atoms with Crippen molar-refractivity contribution in [3.05, 3.63) is 47.2 Å². The second-order valence-electron chi connectivity index (χ2n) is 4.58. The van der Waals surface area contributed by atoms with E-state index in [2.05, 4.69) is 11.1 Å². The normalized spacial score (nSPS) is 13.1. The van der Waals surface area contributed by atoms with E-state index in [1.807, 2.05) is 30.3 Å². The number of anilines is 1. The van der Waals surface area contributed by atoms with E-state index in [4.69, 9.17) is 5.73 Å². The van der Waals surface area contributed by atoms with Gasteiger partial charge in [-0.05, 0) is 18.4 Å². The molecule has 0 amide bonds. The molecule has 0 saturated carbocycles. The van der Waals surface area contributed by atoms with E-state index in [-0.39, 0.29) is 0 Å². The highest BCUT2D eigenvalue weighted by Gasteiger charge is 2.25. The zero-order chi connectivity index (χ0) is 12.5. The van der Waals surface area contributed by atoms with Gasteiger partial charge in [-0.15, -0.1) is 0 Å². The molecule has 0 saturated heterocycles. The molecule has 0 atom stereocenters. The summed E-state index contributed by atoms with van der Waals surface area (Å²) in [4.78, 5) is 3.17. The molecular weight excluding hydrogens is 222 g/mol. The summed E-state index contributed by atoms with van der Waals surface area (Å²) in [6.45, 7) is 0. The van der Waals surface area contributed by atoms with E-state index in [1.165, 1.54) is 11.3 Å². The number of nitrogens with one attached hydrogen (secondary N) is 1. The third kappa shape index (κ3) is 1.54. The number of nitriles is 1. The van der Waals surface area contributed by atoms with Crippen LogP contribution < -0.4 is 10.7 Å². The summed E-state index contributed by atoms with van der Waals surface area (Å²) in [6.07, 6.45) is 3.16. The number of pyridine rings is 1. The average Bonchev–Trinajstić information content (AvgIpc) is 2.85. The standard InChI is InChI=1S/C15H13N3/c16-9-12-14(10-5-2-1-3-6-10)11-7-4-8-13(11)18-15(12)17/h1-3,5-6H,4,7-8H2,(H2,17,18)/p+1. The third-order valence-electron chi connectivity index (χ3n) is 3.50. The monoisotopic (exact) mass is 236 g/mol. The van der Waals surface area contributed by atoms with Crippen molar-refractivity contribution in [3.8, 4) is 17.2 Å². The smallest absolute Gasteiger partial charge is 0.286 e. The van der Waals surface area contributed by atoms with E-state index < -0.39 is 0 Å². The van der Waals surface area contributed by atoms with Crippen LogP contribution >= 0.6 is 0 Å². The summed E-state index contributed by atoms with van der Waals surface area (Å²) in [5.74, 6) is 0.483. The number of H-pyrrole nitrogens is 1. The first kappa shape index (κ1) is 10.8. The molecular formula is C15H14N3+. The van der Waals surface area contributed by atoms with Crippen LogP contribution in [0.15, 0.2) is 30.3 Å². The van der Waals surface area contributed by atoms with Crippen molar-refractivity contribution in [2.45, 2.75) is 19.3 Å². The molecule has 1 aliphatic carbocycles. The fourth-order valence-corrected chi connectivity index (χ4v) is 2.71. The van der Waals surface area contributed by atoms with E-state index in [0.29, 0.717) is 11.4 Å². The van der Waals surface area contributed by atoms with Crippen LogP contribution in [0.3, 0.4) is 0 Å². The summed E-state index contributed by atoms with van der Waals surface area (Å²) >= 11 is 0. The maximum absolute atomic E-state index is 9.34. The van der Waals surface area contributed by atoms with Crippen molar-refractivity contribution in [3.63, 3.8) is 0 Å². The molecule has 3 rings (SSSR count). The van der Waals surface area contributed by atoms with Crippen molar-refractivity contribution in [2.24, 2.45) is 0 Å². The van der Waals surface area contributed by atoms with Crippen LogP contribution in [0.4, 0.5) is 5.82 Å². The molecule has 3 heteroatoms. The predicted octanol–water partition coefficient (Wildman–Crippen LogP) is 2.11. The molecule has 0 unspecified atom stereocenters. The highest BCUT2D eigenvalue weighted by Crippen LogP contribution is 2.34. The molecule has 18 heavy (non-hydrogen) atoms. The van der Waals surface area contributed by atoms with Gasteiger partial charge < -0.3 is 0 Å². The fourth-order valence-electron chi connectivity index (χ4n) is 2.71. The molecule has 1 heterocycles. The maximum atomic E-state index is 9.34. The second-order valence-corrected chi connectivity index (χ2v) is 4.58. The number of aromatic nitrogens is 1. The summed E-state index contributed by atoms with van der Waals surface area (Å²) in [6, 6.07) is 12.3. The van der Waals surface area contributed by atoms with Gasteiger partial charge in [0.25, 0.3) is 5.82 Å². The third-order valence-corrected chi connectivity index (χ3v) is 3.50. The number of hydrogen-bond donors (Lipinski definition) is 1. The van der Waals surface area contributed by atoms with Gasteiger partial charge in [-0.2, -0.15) is 5.26 Å². The number of benzene rings is 1. The molecule has 3 nitrogen and oxygen atoms in total. The van der Waals surface area contributed by atoms with E-state index in [1.54, 1.807) is 0 Å². The Morgan fingerprint density at radius 1 is 1.17 bits per heavy atom. The fraction of sp³-hybridized carbons (Fsp3) is 0.200. The zero-order valence-electron chi connectivity index (χ0n) is 10.0. The molecule has 0 bridgehead atoms. The lowest BCUT2D eigenvalue weighted by atomic mass is 9.95. The highest BCUT2D eigenvalue weighted by atomic mass is 14.9. The molecule has 3 N–H and O–H groups in total. The largest absolute Gasteiger partial charge is 0.289 e. The van der Waals surface area contributed by atoms with Crippen LogP contribution in [0.1, 0.15) is 23.2 Å². The summed E-state index contributed by atoms with van der Waals surface area (Å²) < 4.78 is 0. The van der Waals surface area contributed by atoms with Crippen LogP contribution in [0.5, 0.6) is 0 Å². The van der Waals surface area contributed by atoms with E-state index >= 15 is 0 Å². The molecule has 2 aromatic rings. The van der Waals surface area contributed by atoms with Gasteiger partial charge in [0.1, 0.15) is 17.3 Å². The molecule has 0 aliphatic heterocycles. The van der Waals surface area contributed by atoms with Crippen LogP contribution in [0, 0.1) is 11.3 Å². The second kappa shape index (κ2) is 4.15. The number of rotatable bonds is 1. The van der Waals surface area contributed by atoms with Crippen molar-refractivity contribution in [2.75, 3.05) is 5.73 Å². The number of nitrogens with two attached hydrogens (primary N) is 1. The molecule has 1 aromatic heterocycles. The minimum absolute atomic E-state index is 0.483. The number of nitrogen functional groups attached to an aromatic ring is 1. The van der Waals surface area contributed by atoms with Crippen molar-refractivity contribution in [1.29, 1.82) is 5.26 Å². The molecule has 0 fully saturated rings. The zero-order valence-corrected chi connectivity index (χ0v) is 10.0. The van der Waals surface area contributed by atoms with Crippen LogP contribution in [0.25, 0.3) is 11.1 Å². The maximum Gasteiger partial charge on any atom is 0.289 e. The van der Waals surface area contributed by atoms with Crippen LogP contribution in [0.2, 0.25) is 0 Å². The van der Waals surface area contributed by atoms with Crippen molar-refractivity contribution < 1.29 is 4.98 Å². The minimum Gasteiger partial charge on any atom is -0.286 e. The van der Waals surface area contributed by atoms with E-state index in [0.717, 1.165) is 30.4 Å². The van der Waals surface area contributed by atoms with Gasteiger partial charge in [0.15, 0.2) is 0 Å². The number of fused-ring (bicyclic) bond motifs is 1. The SMILES string of the molecule is N#Cc1c(N)[nH+]c2c(c1-c1ccccc1)CCC2. The Bertz CT molecular complexity index is 638. The van der Waals surface area contributed by atoms with Crippen molar-refractivity contribution in [1.82, 2.24) is 0 Å². The van der Waals surface area contributed by atoms with Gasteiger partial charge in [-0.3, -0.25) is 5.73 Å². The Hall–Kier alpha value is -2.34. The Kier molecular flexibility index (Phi) is 2.49. The quantitative estimate of drug-likeness (QED) is 0.824. The number of hydrogen-bond acceptors (Lipinski definition) is 2.